The minimum absolute atomic E-state index is 0.149. The molecule has 2 saturated carbocycles. The molecule has 0 spiro atoms. The third-order valence-electron chi connectivity index (χ3n) is 6.29. The molecule has 1 unspecified atom stereocenters. The van der Waals surface area contributed by atoms with Crippen LogP contribution in [0.5, 0.6) is 5.75 Å². The molecule has 0 bridgehead atoms. The van der Waals surface area contributed by atoms with Gasteiger partial charge in [0.15, 0.2) is 0 Å². The smallest absolute Gasteiger partial charge is 0.258 e. The number of aliphatic imine (C=N–C) groups is 1. The molecule has 1 amide bonds. The first-order valence-corrected chi connectivity index (χ1v) is 9.96. The normalized spacial score (nSPS) is 24.6. The van der Waals surface area contributed by atoms with Crippen molar-refractivity contribution in [2.24, 2.45) is 4.99 Å². The first-order valence-electron chi connectivity index (χ1n) is 9.96. The van der Waals surface area contributed by atoms with E-state index < -0.39 is 0 Å². The summed E-state index contributed by atoms with van der Waals surface area (Å²) in [5, 5.41) is 0. The Morgan fingerprint density at radius 2 is 2.00 bits per heavy atom. The molecule has 0 saturated heterocycles. The number of rotatable bonds is 5. The summed E-state index contributed by atoms with van der Waals surface area (Å²) < 4.78 is 5.61. The van der Waals surface area contributed by atoms with Crippen LogP contribution in [0, 0.1) is 0 Å². The third kappa shape index (κ3) is 2.85. The molecule has 1 aromatic rings. The van der Waals surface area contributed by atoms with Crippen molar-refractivity contribution in [3.05, 3.63) is 40.5 Å². The Hall–Kier alpha value is -2.10. The molecule has 1 aromatic carbocycles. The van der Waals surface area contributed by atoms with Crippen LogP contribution in [0.25, 0.3) is 0 Å². The van der Waals surface area contributed by atoms with Crippen molar-refractivity contribution in [1.82, 2.24) is 4.90 Å². The fourth-order valence-corrected chi connectivity index (χ4v) is 4.51. The van der Waals surface area contributed by atoms with Crippen molar-refractivity contribution >= 4 is 12.1 Å². The predicted molar refractivity (Wildman–Crippen MR) is 102 cm³/mol. The topological polar surface area (TPSA) is 41.9 Å². The molecule has 1 atom stereocenters. The molecule has 0 aromatic heterocycles. The van der Waals surface area contributed by atoms with E-state index in [1.54, 1.807) is 7.11 Å². The lowest BCUT2D eigenvalue weighted by molar-refractivity contribution is 0.0642. The molecule has 2 fully saturated rings. The number of amides is 1. The van der Waals surface area contributed by atoms with Crippen LogP contribution in [0.15, 0.2) is 34.3 Å². The van der Waals surface area contributed by atoms with Gasteiger partial charge in [-0.3, -0.25) is 9.79 Å². The quantitative estimate of drug-likeness (QED) is 0.802. The van der Waals surface area contributed by atoms with Gasteiger partial charge >= 0.3 is 0 Å². The molecule has 0 radical (unpaired) electrons. The van der Waals surface area contributed by atoms with Crippen LogP contribution in [0.1, 0.15) is 66.8 Å². The maximum atomic E-state index is 13.5. The Morgan fingerprint density at radius 3 is 2.73 bits per heavy atom. The number of benzene rings is 1. The van der Waals surface area contributed by atoms with Crippen LogP contribution in [-0.4, -0.2) is 42.8 Å². The molecule has 4 aliphatic rings. The average molecular weight is 350 g/mol. The fourth-order valence-electron chi connectivity index (χ4n) is 4.51. The Morgan fingerprint density at radius 1 is 1.15 bits per heavy atom. The molecular formula is C22H26N2O2. The minimum Gasteiger partial charge on any atom is -0.496 e. The van der Waals surface area contributed by atoms with E-state index in [2.05, 4.69) is 22.0 Å². The Labute approximate surface area is 154 Å². The van der Waals surface area contributed by atoms with Gasteiger partial charge in [0.05, 0.1) is 19.2 Å². The molecule has 26 heavy (non-hydrogen) atoms. The van der Waals surface area contributed by atoms with E-state index in [0.29, 0.717) is 18.0 Å². The van der Waals surface area contributed by atoms with Crippen molar-refractivity contribution in [2.75, 3.05) is 13.7 Å². The van der Waals surface area contributed by atoms with E-state index in [0.717, 1.165) is 50.0 Å². The Kier molecular flexibility index (Phi) is 3.87. The van der Waals surface area contributed by atoms with E-state index in [9.17, 15) is 4.79 Å². The van der Waals surface area contributed by atoms with Crippen LogP contribution in [0.3, 0.4) is 0 Å². The van der Waals surface area contributed by atoms with Gasteiger partial charge < -0.3 is 9.64 Å². The van der Waals surface area contributed by atoms with Crippen molar-refractivity contribution in [3.63, 3.8) is 0 Å². The SMILES string of the molecule is COc1cc(C2CC2)ccc1C(=O)N(C1CC1)C1CCC2=C(C=NC2)C1. The van der Waals surface area contributed by atoms with Crippen LogP contribution < -0.4 is 4.74 Å². The van der Waals surface area contributed by atoms with Gasteiger partial charge in [0.1, 0.15) is 5.75 Å². The standard InChI is InChI=1S/C22H26N2O2/c1-26-21-11-15(14-2-3-14)5-9-20(21)22(25)24(18-7-8-18)19-6-4-16-12-23-13-17(16)10-19/h5,9,11,13-14,18-19H,2-4,6-8,10,12H2,1H3. The van der Waals surface area contributed by atoms with Crippen LogP contribution >= 0.6 is 0 Å². The van der Waals surface area contributed by atoms with Gasteiger partial charge in [0, 0.05) is 18.3 Å². The third-order valence-corrected chi connectivity index (χ3v) is 6.29. The predicted octanol–water partition coefficient (Wildman–Crippen LogP) is 4.11. The maximum absolute atomic E-state index is 13.5. The largest absolute Gasteiger partial charge is 0.496 e. The van der Waals surface area contributed by atoms with Gasteiger partial charge in [0.25, 0.3) is 5.91 Å². The number of ether oxygens (including phenoxy) is 1. The van der Waals surface area contributed by atoms with Crippen molar-refractivity contribution in [3.8, 4) is 5.75 Å². The molecule has 3 aliphatic carbocycles. The van der Waals surface area contributed by atoms with Gasteiger partial charge in [-0.15, -0.1) is 0 Å². The molecule has 0 N–H and O–H groups in total. The average Bonchev–Trinajstić information content (AvgIpc) is 3.59. The summed E-state index contributed by atoms with van der Waals surface area (Å²) in [4.78, 5) is 20.1. The molecule has 136 valence electrons. The summed E-state index contributed by atoms with van der Waals surface area (Å²) in [7, 11) is 1.68. The maximum Gasteiger partial charge on any atom is 0.258 e. The van der Waals surface area contributed by atoms with Crippen LogP contribution in [-0.2, 0) is 0 Å². The highest BCUT2D eigenvalue weighted by atomic mass is 16.5. The molecule has 1 heterocycles. The van der Waals surface area contributed by atoms with Gasteiger partial charge in [-0.05, 0) is 79.7 Å². The van der Waals surface area contributed by atoms with Crippen LogP contribution in [0.4, 0.5) is 0 Å². The first kappa shape index (κ1) is 16.1. The zero-order chi connectivity index (χ0) is 17.7. The zero-order valence-corrected chi connectivity index (χ0v) is 15.4. The molecule has 1 aliphatic heterocycles. The van der Waals surface area contributed by atoms with Crippen molar-refractivity contribution in [2.45, 2.75) is 62.9 Å². The summed E-state index contributed by atoms with van der Waals surface area (Å²) in [6.45, 7) is 0.871. The van der Waals surface area contributed by atoms with Gasteiger partial charge in [0.2, 0.25) is 0 Å². The highest BCUT2D eigenvalue weighted by Gasteiger charge is 2.40. The van der Waals surface area contributed by atoms with Gasteiger partial charge in [-0.1, -0.05) is 6.07 Å². The monoisotopic (exact) mass is 350 g/mol. The lowest BCUT2D eigenvalue weighted by Crippen LogP contribution is -2.43. The second kappa shape index (κ2) is 6.26. The summed E-state index contributed by atoms with van der Waals surface area (Å²) in [6.07, 6.45) is 9.90. The zero-order valence-electron chi connectivity index (χ0n) is 15.4. The number of nitrogens with zero attached hydrogens (tertiary/aromatic N) is 2. The number of carbonyl (C=O) groups excluding carboxylic acids is 1. The van der Waals surface area contributed by atoms with Crippen LogP contribution in [0.2, 0.25) is 0 Å². The number of hydrogen-bond donors (Lipinski definition) is 0. The van der Waals surface area contributed by atoms with E-state index in [1.165, 1.54) is 29.6 Å². The molecule has 4 heteroatoms. The van der Waals surface area contributed by atoms with E-state index in [4.69, 9.17) is 4.74 Å². The lowest BCUT2D eigenvalue weighted by atomic mass is 9.88. The summed E-state index contributed by atoms with van der Waals surface area (Å²) in [5.41, 5.74) is 4.89. The lowest BCUT2D eigenvalue weighted by Gasteiger charge is -2.35. The highest BCUT2D eigenvalue weighted by Crippen LogP contribution is 2.43. The second-order valence-electron chi connectivity index (χ2n) is 8.17. The molecule has 4 nitrogen and oxygen atoms in total. The summed E-state index contributed by atoms with van der Waals surface area (Å²) in [5.74, 6) is 1.55. The minimum atomic E-state index is 0.149. The van der Waals surface area contributed by atoms with Crippen molar-refractivity contribution < 1.29 is 9.53 Å². The van der Waals surface area contributed by atoms with Gasteiger partial charge in [-0.25, -0.2) is 0 Å². The van der Waals surface area contributed by atoms with E-state index >= 15 is 0 Å². The highest BCUT2D eigenvalue weighted by molar-refractivity contribution is 5.98. The number of carbonyl (C=O) groups is 1. The summed E-state index contributed by atoms with van der Waals surface area (Å²) >= 11 is 0. The number of hydrogen-bond acceptors (Lipinski definition) is 3. The molecular weight excluding hydrogens is 324 g/mol. The fraction of sp³-hybridized carbons (Fsp3) is 0.545. The van der Waals surface area contributed by atoms with Gasteiger partial charge in [-0.2, -0.15) is 0 Å². The van der Waals surface area contributed by atoms with E-state index in [-0.39, 0.29) is 5.91 Å². The number of methoxy groups -OCH3 is 1. The summed E-state index contributed by atoms with van der Waals surface area (Å²) in [6, 6.07) is 6.91. The Balaban J connectivity index is 1.42. The second-order valence-corrected chi connectivity index (χ2v) is 8.17. The molecule has 5 rings (SSSR count). The van der Waals surface area contributed by atoms with Crippen molar-refractivity contribution in [1.29, 1.82) is 0 Å². The Bertz CT molecular complexity index is 802. The first-order chi connectivity index (χ1) is 12.7. The van der Waals surface area contributed by atoms with E-state index in [1.807, 2.05) is 12.3 Å².